The highest BCUT2D eigenvalue weighted by Gasteiger charge is 2.21. The smallest absolute Gasteiger partial charge is 0.134 e. The Morgan fingerprint density at radius 1 is 1.15 bits per heavy atom. The van der Waals surface area contributed by atoms with E-state index in [1.165, 1.54) is 0 Å². The van der Waals surface area contributed by atoms with Crippen molar-refractivity contribution in [3.8, 4) is 6.07 Å². The van der Waals surface area contributed by atoms with Crippen molar-refractivity contribution in [2.24, 2.45) is 5.73 Å². The van der Waals surface area contributed by atoms with Crippen molar-refractivity contribution in [3.05, 3.63) is 53.2 Å². The topological polar surface area (TPSA) is 91.2 Å². The molecule has 1 saturated carbocycles. The van der Waals surface area contributed by atoms with Gasteiger partial charge in [0.15, 0.2) is 0 Å². The lowest BCUT2D eigenvalue weighted by Crippen LogP contribution is -2.33. The number of nitrogens with one attached hydrogen (secondary N) is 2. The van der Waals surface area contributed by atoms with Gasteiger partial charge in [-0.15, -0.1) is 0 Å². The number of aromatic nitrogens is 2. The van der Waals surface area contributed by atoms with Gasteiger partial charge in [0.05, 0.1) is 28.1 Å². The number of fused-ring (bicyclic) bond motifs is 1. The average molecular weight is 381 g/mol. The molecule has 1 fully saturated rings. The fourth-order valence-electron chi connectivity index (χ4n) is 3.60. The molecule has 4 N–H and O–H groups in total. The van der Waals surface area contributed by atoms with Crippen LogP contribution < -0.4 is 16.4 Å². The summed E-state index contributed by atoms with van der Waals surface area (Å²) in [5.41, 5.74) is 8.95. The van der Waals surface area contributed by atoms with Gasteiger partial charge in [-0.1, -0.05) is 23.7 Å². The van der Waals surface area contributed by atoms with E-state index in [1.54, 1.807) is 10.7 Å². The van der Waals surface area contributed by atoms with E-state index in [1.807, 2.05) is 36.4 Å². The number of nitrogens with two attached hydrogens (primary N) is 1. The summed E-state index contributed by atoms with van der Waals surface area (Å²) in [5.74, 6) is 0.747. The molecule has 1 aromatic carbocycles. The first-order chi connectivity index (χ1) is 13.2. The molecule has 3 aromatic rings. The fraction of sp³-hybridized carbons (Fsp3) is 0.300. The third-order valence-corrected chi connectivity index (χ3v) is 5.39. The van der Waals surface area contributed by atoms with E-state index in [0.29, 0.717) is 16.6 Å². The molecule has 138 valence electrons. The lowest BCUT2D eigenvalue weighted by atomic mass is 9.91. The SMILES string of the molecule is N#Cc1c(N[C@H]2CC[C@H](N)CC2)cc(Nc2ccccc2Cl)n2nccc12. The van der Waals surface area contributed by atoms with E-state index in [9.17, 15) is 5.26 Å². The van der Waals surface area contributed by atoms with Crippen LogP contribution in [0.4, 0.5) is 17.2 Å². The summed E-state index contributed by atoms with van der Waals surface area (Å²) in [4.78, 5) is 0. The molecule has 0 atom stereocenters. The molecule has 0 spiro atoms. The van der Waals surface area contributed by atoms with Crippen molar-refractivity contribution < 1.29 is 0 Å². The highest BCUT2D eigenvalue weighted by molar-refractivity contribution is 6.33. The van der Waals surface area contributed by atoms with Gasteiger partial charge in [0, 0.05) is 18.2 Å². The molecule has 1 aliphatic rings. The summed E-state index contributed by atoms with van der Waals surface area (Å²) in [7, 11) is 0. The van der Waals surface area contributed by atoms with Gasteiger partial charge in [-0.05, 0) is 43.9 Å². The second kappa shape index (κ2) is 7.47. The van der Waals surface area contributed by atoms with E-state index >= 15 is 0 Å². The van der Waals surface area contributed by atoms with Crippen LogP contribution in [0.15, 0.2) is 42.6 Å². The van der Waals surface area contributed by atoms with Gasteiger partial charge in [-0.2, -0.15) is 10.4 Å². The van der Waals surface area contributed by atoms with Crippen molar-refractivity contribution in [1.82, 2.24) is 9.61 Å². The average Bonchev–Trinajstić information content (AvgIpc) is 3.15. The molecule has 0 bridgehead atoms. The number of hydrogen-bond donors (Lipinski definition) is 3. The lowest BCUT2D eigenvalue weighted by Gasteiger charge is -2.28. The summed E-state index contributed by atoms with van der Waals surface area (Å²) in [6.45, 7) is 0. The first kappa shape index (κ1) is 17.7. The van der Waals surface area contributed by atoms with Crippen LogP contribution in [0, 0.1) is 11.3 Å². The highest BCUT2D eigenvalue weighted by Crippen LogP contribution is 2.31. The number of rotatable bonds is 4. The fourth-order valence-corrected chi connectivity index (χ4v) is 3.78. The number of hydrogen-bond acceptors (Lipinski definition) is 5. The molecule has 0 aliphatic heterocycles. The first-order valence-corrected chi connectivity index (χ1v) is 9.48. The van der Waals surface area contributed by atoms with Crippen LogP contribution in [0.5, 0.6) is 0 Å². The number of nitrogens with zero attached hydrogens (tertiary/aromatic N) is 3. The highest BCUT2D eigenvalue weighted by atomic mass is 35.5. The second-order valence-electron chi connectivity index (χ2n) is 6.92. The number of nitriles is 1. The van der Waals surface area contributed by atoms with E-state index in [2.05, 4.69) is 21.8 Å². The van der Waals surface area contributed by atoms with Crippen LogP contribution in [0.25, 0.3) is 5.52 Å². The minimum atomic E-state index is 0.285. The quantitative estimate of drug-likeness (QED) is 0.628. The van der Waals surface area contributed by atoms with Gasteiger partial charge >= 0.3 is 0 Å². The van der Waals surface area contributed by atoms with Gasteiger partial charge in [-0.3, -0.25) is 0 Å². The molecule has 2 aromatic heterocycles. The molecule has 7 heteroatoms. The predicted octanol–water partition coefficient (Wildman–Crippen LogP) is 4.28. The lowest BCUT2D eigenvalue weighted by molar-refractivity contribution is 0.411. The monoisotopic (exact) mass is 380 g/mol. The Hall–Kier alpha value is -2.75. The number of para-hydroxylation sites is 1. The predicted molar refractivity (Wildman–Crippen MR) is 108 cm³/mol. The van der Waals surface area contributed by atoms with Crippen molar-refractivity contribution >= 4 is 34.3 Å². The Balaban J connectivity index is 1.72. The molecular weight excluding hydrogens is 360 g/mol. The molecule has 27 heavy (non-hydrogen) atoms. The van der Waals surface area contributed by atoms with Crippen LogP contribution in [-0.2, 0) is 0 Å². The van der Waals surface area contributed by atoms with Gasteiger partial charge in [0.1, 0.15) is 17.5 Å². The van der Waals surface area contributed by atoms with Gasteiger partial charge < -0.3 is 16.4 Å². The van der Waals surface area contributed by atoms with Crippen LogP contribution in [-0.4, -0.2) is 21.7 Å². The van der Waals surface area contributed by atoms with E-state index in [-0.39, 0.29) is 6.04 Å². The van der Waals surface area contributed by atoms with Crippen LogP contribution >= 0.6 is 11.6 Å². The Labute approximate surface area is 162 Å². The molecule has 2 heterocycles. The number of anilines is 3. The normalized spacial score (nSPS) is 19.6. The largest absolute Gasteiger partial charge is 0.381 e. The van der Waals surface area contributed by atoms with Gasteiger partial charge in [-0.25, -0.2) is 4.52 Å². The maximum absolute atomic E-state index is 9.74. The Morgan fingerprint density at radius 3 is 2.67 bits per heavy atom. The van der Waals surface area contributed by atoms with Gasteiger partial charge in [0.2, 0.25) is 0 Å². The standard InChI is InChI=1S/C20H21ClN6/c21-16-3-1-2-4-17(16)26-20-11-18(25-14-7-5-13(23)6-8-14)15(12-22)19-9-10-24-27(19)20/h1-4,9-11,13-14,25-26H,5-8,23H2/t13-,14-. The third kappa shape index (κ3) is 3.57. The van der Waals surface area contributed by atoms with E-state index in [0.717, 1.165) is 48.4 Å². The molecular formula is C20H21ClN6. The molecule has 0 radical (unpaired) electrons. The number of benzene rings is 1. The summed E-state index contributed by atoms with van der Waals surface area (Å²) >= 11 is 6.29. The Kier molecular flexibility index (Phi) is 4.88. The van der Waals surface area contributed by atoms with Crippen molar-refractivity contribution in [3.63, 3.8) is 0 Å². The zero-order valence-corrected chi connectivity index (χ0v) is 15.6. The summed E-state index contributed by atoms with van der Waals surface area (Å²) < 4.78 is 1.73. The molecule has 1 aliphatic carbocycles. The molecule has 0 saturated heterocycles. The zero-order valence-electron chi connectivity index (χ0n) is 14.8. The van der Waals surface area contributed by atoms with Crippen molar-refractivity contribution in [1.29, 1.82) is 5.26 Å². The number of halogens is 1. The maximum atomic E-state index is 9.74. The molecule has 0 amide bonds. The van der Waals surface area contributed by atoms with Crippen molar-refractivity contribution in [2.45, 2.75) is 37.8 Å². The molecule has 0 unspecified atom stereocenters. The van der Waals surface area contributed by atoms with Crippen LogP contribution in [0.3, 0.4) is 0 Å². The zero-order chi connectivity index (χ0) is 18.8. The Bertz CT molecular complexity index is 997. The van der Waals surface area contributed by atoms with E-state index < -0.39 is 0 Å². The first-order valence-electron chi connectivity index (χ1n) is 9.10. The molecule has 4 rings (SSSR count). The molecule has 6 nitrogen and oxygen atoms in total. The minimum absolute atomic E-state index is 0.285. The Morgan fingerprint density at radius 2 is 1.93 bits per heavy atom. The summed E-state index contributed by atoms with van der Waals surface area (Å²) in [6.07, 6.45) is 5.70. The second-order valence-corrected chi connectivity index (χ2v) is 7.33. The summed E-state index contributed by atoms with van der Waals surface area (Å²) in [5, 5.41) is 21.6. The minimum Gasteiger partial charge on any atom is -0.381 e. The third-order valence-electron chi connectivity index (χ3n) is 5.06. The van der Waals surface area contributed by atoms with Crippen molar-refractivity contribution in [2.75, 3.05) is 10.6 Å². The summed E-state index contributed by atoms with van der Waals surface area (Å²) in [6, 6.07) is 14.2. The van der Waals surface area contributed by atoms with Crippen LogP contribution in [0.2, 0.25) is 5.02 Å². The van der Waals surface area contributed by atoms with Gasteiger partial charge in [0.25, 0.3) is 0 Å². The van der Waals surface area contributed by atoms with E-state index in [4.69, 9.17) is 17.3 Å². The number of pyridine rings is 1. The van der Waals surface area contributed by atoms with Crippen LogP contribution in [0.1, 0.15) is 31.2 Å². The maximum Gasteiger partial charge on any atom is 0.134 e.